The molecule has 0 fully saturated rings. The van der Waals surface area contributed by atoms with Gasteiger partial charge in [-0.05, 0) is 43.7 Å². The summed E-state index contributed by atoms with van der Waals surface area (Å²) in [7, 11) is 1.97. The van der Waals surface area contributed by atoms with Crippen LogP contribution in [0.2, 0.25) is 0 Å². The second kappa shape index (κ2) is 7.98. The number of rotatable bonds is 8. The summed E-state index contributed by atoms with van der Waals surface area (Å²) in [6, 6.07) is 8.19. The summed E-state index contributed by atoms with van der Waals surface area (Å²) in [6.45, 7) is 7.92. The van der Waals surface area contributed by atoms with Gasteiger partial charge in [-0.1, -0.05) is 20.8 Å². The van der Waals surface area contributed by atoms with Crippen LogP contribution < -0.4 is 14.8 Å². The smallest absolute Gasteiger partial charge is 0.119 e. The van der Waals surface area contributed by atoms with E-state index in [1.54, 1.807) is 0 Å². The van der Waals surface area contributed by atoms with Gasteiger partial charge in [0.2, 0.25) is 0 Å². The molecule has 0 radical (unpaired) electrons. The lowest BCUT2D eigenvalue weighted by Crippen LogP contribution is -2.36. The first kappa shape index (κ1) is 14.8. The van der Waals surface area contributed by atoms with Crippen molar-refractivity contribution in [3.8, 4) is 11.5 Å². The summed E-state index contributed by atoms with van der Waals surface area (Å²) >= 11 is 0. The monoisotopic (exact) mass is 251 g/mol. The molecule has 0 amide bonds. The van der Waals surface area contributed by atoms with Crippen LogP contribution in [0.5, 0.6) is 11.5 Å². The molecular weight excluding hydrogens is 226 g/mol. The van der Waals surface area contributed by atoms with Gasteiger partial charge in [-0.25, -0.2) is 0 Å². The van der Waals surface area contributed by atoms with E-state index in [0.29, 0.717) is 18.6 Å². The van der Waals surface area contributed by atoms with Gasteiger partial charge in [0.05, 0.1) is 6.61 Å². The van der Waals surface area contributed by atoms with E-state index in [1.165, 1.54) is 0 Å². The molecule has 1 rings (SSSR count). The van der Waals surface area contributed by atoms with Crippen LogP contribution in [0.1, 0.15) is 27.2 Å². The highest BCUT2D eigenvalue weighted by molar-refractivity contribution is 5.31. The second-order valence-corrected chi connectivity index (χ2v) is 4.77. The Labute approximate surface area is 110 Å². The summed E-state index contributed by atoms with van der Waals surface area (Å²) < 4.78 is 11.3. The number of benzene rings is 1. The van der Waals surface area contributed by atoms with Gasteiger partial charge in [-0.3, -0.25) is 0 Å². The number of ether oxygens (including phenoxy) is 2. The van der Waals surface area contributed by atoms with E-state index >= 15 is 0 Å². The Bertz CT molecular complexity index is 322. The minimum atomic E-state index is 0.376. The molecule has 0 aliphatic carbocycles. The largest absolute Gasteiger partial charge is 0.494 e. The first-order valence-electron chi connectivity index (χ1n) is 6.70. The highest BCUT2D eigenvalue weighted by Crippen LogP contribution is 2.18. The Balaban J connectivity index is 2.43. The highest BCUT2D eigenvalue weighted by Gasteiger charge is 2.11. The van der Waals surface area contributed by atoms with E-state index in [2.05, 4.69) is 26.1 Å². The Kier molecular flexibility index (Phi) is 6.58. The quantitative estimate of drug-likeness (QED) is 0.770. The summed E-state index contributed by atoms with van der Waals surface area (Å²) in [5.41, 5.74) is 0. The summed E-state index contributed by atoms with van der Waals surface area (Å²) in [4.78, 5) is 0. The van der Waals surface area contributed by atoms with Crippen molar-refractivity contribution in [2.45, 2.75) is 33.2 Å². The number of hydrogen-bond donors (Lipinski definition) is 1. The SMILES string of the molecule is CCCOc1ccc(OCC(NC)C(C)C)cc1. The van der Waals surface area contributed by atoms with Crippen LogP contribution in [0.4, 0.5) is 0 Å². The van der Waals surface area contributed by atoms with Crippen molar-refractivity contribution >= 4 is 0 Å². The molecular formula is C15H25NO2. The predicted molar refractivity (Wildman–Crippen MR) is 75.4 cm³/mol. The van der Waals surface area contributed by atoms with Gasteiger partial charge >= 0.3 is 0 Å². The average molecular weight is 251 g/mol. The fraction of sp³-hybridized carbons (Fsp3) is 0.600. The third-order valence-electron chi connectivity index (χ3n) is 2.90. The summed E-state index contributed by atoms with van der Waals surface area (Å²) in [5, 5.41) is 3.26. The fourth-order valence-corrected chi connectivity index (χ4v) is 1.65. The summed E-state index contributed by atoms with van der Waals surface area (Å²) in [5.74, 6) is 2.35. The zero-order valence-corrected chi connectivity index (χ0v) is 11.9. The highest BCUT2D eigenvalue weighted by atomic mass is 16.5. The van der Waals surface area contributed by atoms with E-state index in [9.17, 15) is 0 Å². The van der Waals surface area contributed by atoms with Crippen molar-refractivity contribution in [1.29, 1.82) is 0 Å². The normalized spacial score (nSPS) is 12.5. The molecule has 0 aliphatic heterocycles. The van der Waals surface area contributed by atoms with Crippen LogP contribution in [0.25, 0.3) is 0 Å². The van der Waals surface area contributed by atoms with E-state index in [4.69, 9.17) is 9.47 Å². The molecule has 1 N–H and O–H groups in total. The van der Waals surface area contributed by atoms with Crippen LogP contribution in [0.15, 0.2) is 24.3 Å². The van der Waals surface area contributed by atoms with Crippen LogP contribution in [0.3, 0.4) is 0 Å². The molecule has 0 heterocycles. The lowest BCUT2D eigenvalue weighted by molar-refractivity contribution is 0.237. The molecule has 0 aliphatic rings. The van der Waals surface area contributed by atoms with Crippen molar-refractivity contribution in [3.05, 3.63) is 24.3 Å². The summed E-state index contributed by atoms with van der Waals surface area (Å²) in [6.07, 6.45) is 1.02. The van der Waals surface area contributed by atoms with Gasteiger partial charge in [0.15, 0.2) is 0 Å². The molecule has 0 bridgehead atoms. The lowest BCUT2D eigenvalue weighted by atomic mass is 10.1. The molecule has 0 saturated heterocycles. The first-order valence-corrected chi connectivity index (χ1v) is 6.70. The van der Waals surface area contributed by atoms with Gasteiger partial charge in [0, 0.05) is 6.04 Å². The molecule has 1 atom stereocenters. The standard InChI is InChI=1S/C15H25NO2/c1-5-10-17-13-6-8-14(9-7-13)18-11-15(16-4)12(2)3/h6-9,12,15-16H,5,10-11H2,1-4H3. The maximum atomic E-state index is 5.76. The van der Waals surface area contributed by atoms with E-state index in [1.807, 2.05) is 31.3 Å². The molecule has 0 saturated carbocycles. The number of nitrogens with one attached hydrogen (secondary N) is 1. The van der Waals surface area contributed by atoms with Gasteiger partial charge < -0.3 is 14.8 Å². The average Bonchev–Trinajstić information content (AvgIpc) is 2.38. The Hall–Kier alpha value is -1.22. The molecule has 0 spiro atoms. The molecule has 3 heteroatoms. The van der Waals surface area contributed by atoms with E-state index in [0.717, 1.165) is 24.5 Å². The van der Waals surface area contributed by atoms with Crippen LogP contribution in [-0.2, 0) is 0 Å². The molecule has 3 nitrogen and oxygen atoms in total. The molecule has 1 unspecified atom stereocenters. The number of likely N-dealkylation sites (N-methyl/N-ethyl adjacent to an activating group) is 1. The van der Waals surface area contributed by atoms with Gasteiger partial charge in [0.25, 0.3) is 0 Å². The van der Waals surface area contributed by atoms with Crippen LogP contribution in [-0.4, -0.2) is 26.3 Å². The zero-order valence-electron chi connectivity index (χ0n) is 11.9. The maximum absolute atomic E-state index is 5.76. The van der Waals surface area contributed by atoms with Gasteiger partial charge in [-0.2, -0.15) is 0 Å². The van der Waals surface area contributed by atoms with Crippen LogP contribution in [0, 0.1) is 5.92 Å². The van der Waals surface area contributed by atoms with Crippen molar-refractivity contribution in [2.75, 3.05) is 20.3 Å². The first-order chi connectivity index (χ1) is 8.67. The molecule has 1 aromatic carbocycles. The number of hydrogen-bond acceptors (Lipinski definition) is 3. The minimum absolute atomic E-state index is 0.376. The lowest BCUT2D eigenvalue weighted by Gasteiger charge is -2.20. The van der Waals surface area contributed by atoms with Crippen molar-refractivity contribution in [3.63, 3.8) is 0 Å². The zero-order chi connectivity index (χ0) is 13.4. The second-order valence-electron chi connectivity index (χ2n) is 4.77. The minimum Gasteiger partial charge on any atom is -0.494 e. The van der Waals surface area contributed by atoms with Gasteiger partial charge in [0.1, 0.15) is 18.1 Å². The predicted octanol–water partition coefficient (Wildman–Crippen LogP) is 3.10. The third-order valence-corrected chi connectivity index (χ3v) is 2.90. The fourth-order valence-electron chi connectivity index (χ4n) is 1.65. The van der Waals surface area contributed by atoms with E-state index in [-0.39, 0.29) is 0 Å². The van der Waals surface area contributed by atoms with Gasteiger partial charge in [-0.15, -0.1) is 0 Å². The molecule has 0 aromatic heterocycles. The van der Waals surface area contributed by atoms with Crippen LogP contribution >= 0.6 is 0 Å². The van der Waals surface area contributed by atoms with Crippen molar-refractivity contribution < 1.29 is 9.47 Å². The molecule has 1 aromatic rings. The molecule has 102 valence electrons. The Morgan fingerprint density at radius 1 is 1.06 bits per heavy atom. The third kappa shape index (κ3) is 4.96. The maximum Gasteiger partial charge on any atom is 0.119 e. The van der Waals surface area contributed by atoms with Crippen molar-refractivity contribution in [2.24, 2.45) is 5.92 Å². The molecule has 18 heavy (non-hydrogen) atoms. The van der Waals surface area contributed by atoms with Crippen molar-refractivity contribution in [1.82, 2.24) is 5.32 Å². The Morgan fingerprint density at radius 2 is 1.61 bits per heavy atom. The van der Waals surface area contributed by atoms with E-state index < -0.39 is 0 Å². The topological polar surface area (TPSA) is 30.5 Å². The Morgan fingerprint density at radius 3 is 2.06 bits per heavy atom.